The van der Waals surface area contributed by atoms with Gasteiger partial charge in [0.25, 0.3) is 0 Å². The number of carbonyl (C=O) groups is 1. The second kappa shape index (κ2) is 6.79. The maximum atomic E-state index is 11.0. The van der Waals surface area contributed by atoms with Crippen LogP contribution in [0.1, 0.15) is 26.2 Å². The van der Waals surface area contributed by atoms with E-state index >= 15 is 0 Å². The van der Waals surface area contributed by atoms with E-state index in [-0.39, 0.29) is 12.1 Å². The lowest BCUT2D eigenvalue weighted by molar-refractivity contribution is -0.145. The van der Waals surface area contributed by atoms with Crippen LogP contribution in [0.5, 0.6) is 0 Å². The number of hydrogen-bond donors (Lipinski definition) is 0. The first-order valence-corrected chi connectivity index (χ1v) is 5.18. The molecule has 0 N–H and O–H groups in total. The Hall–Kier alpha value is -0.610. The molecule has 0 aromatic carbocycles. The van der Waals surface area contributed by atoms with Gasteiger partial charge in [-0.25, -0.2) is 0 Å². The van der Waals surface area contributed by atoms with E-state index in [1.54, 1.807) is 6.92 Å². The second-order valence-electron chi connectivity index (χ2n) is 3.24. The Kier molecular flexibility index (Phi) is 5.56. The van der Waals surface area contributed by atoms with Crippen LogP contribution in [0.15, 0.2) is 0 Å². The summed E-state index contributed by atoms with van der Waals surface area (Å²) in [5, 5.41) is 0. The highest BCUT2D eigenvalue weighted by Gasteiger charge is 2.14. The molecule has 0 aliphatic carbocycles. The van der Waals surface area contributed by atoms with E-state index in [1.165, 1.54) is 0 Å². The van der Waals surface area contributed by atoms with Crippen LogP contribution < -0.4 is 0 Å². The molecule has 0 bridgehead atoms. The molecule has 1 aliphatic rings. The molecule has 0 aromatic rings. The van der Waals surface area contributed by atoms with Gasteiger partial charge in [0.05, 0.1) is 25.7 Å². The van der Waals surface area contributed by atoms with Crippen LogP contribution in [0.25, 0.3) is 0 Å². The molecular weight excluding hydrogens is 184 g/mol. The van der Waals surface area contributed by atoms with E-state index in [4.69, 9.17) is 14.2 Å². The molecule has 82 valence electrons. The van der Waals surface area contributed by atoms with E-state index in [1.807, 2.05) is 0 Å². The zero-order chi connectivity index (χ0) is 10.2. The Morgan fingerprint density at radius 1 is 1.43 bits per heavy atom. The first kappa shape index (κ1) is 11.5. The van der Waals surface area contributed by atoms with Crippen LogP contribution >= 0.6 is 0 Å². The zero-order valence-corrected chi connectivity index (χ0v) is 8.66. The third-order valence-corrected chi connectivity index (χ3v) is 2.13. The van der Waals surface area contributed by atoms with E-state index < -0.39 is 0 Å². The van der Waals surface area contributed by atoms with Crippen LogP contribution in [0.2, 0.25) is 0 Å². The van der Waals surface area contributed by atoms with Crippen molar-refractivity contribution in [1.82, 2.24) is 0 Å². The molecule has 0 unspecified atom stereocenters. The standard InChI is InChI=1S/C10H18O4/c1-2-13-10(11)5-8-14-9-3-6-12-7-4-9/h9H,2-8H2,1H3. The van der Waals surface area contributed by atoms with E-state index in [0.29, 0.717) is 19.6 Å². The topological polar surface area (TPSA) is 44.8 Å². The Bertz CT molecular complexity index is 164. The van der Waals surface area contributed by atoms with Crippen LogP contribution in [0.4, 0.5) is 0 Å². The highest BCUT2D eigenvalue weighted by Crippen LogP contribution is 2.10. The SMILES string of the molecule is CCOC(=O)CCOC1CCOCC1. The van der Waals surface area contributed by atoms with Gasteiger partial charge >= 0.3 is 5.97 Å². The van der Waals surface area contributed by atoms with Crippen molar-refractivity contribution in [2.45, 2.75) is 32.3 Å². The normalized spacial score (nSPS) is 18.1. The molecule has 1 rings (SSSR count). The second-order valence-corrected chi connectivity index (χ2v) is 3.24. The Labute approximate surface area is 84.5 Å². The van der Waals surface area contributed by atoms with Gasteiger partial charge in [-0.1, -0.05) is 0 Å². The Morgan fingerprint density at radius 3 is 2.79 bits per heavy atom. The number of carbonyl (C=O) groups excluding carboxylic acids is 1. The molecule has 0 spiro atoms. The smallest absolute Gasteiger partial charge is 0.308 e. The lowest BCUT2D eigenvalue weighted by atomic mass is 10.1. The summed E-state index contributed by atoms with van der Waals surface area (Å²) in [5.74, 6) is -0.181. The van der Waals surface area contributed by atoms with Gasteiger partial charge in [-0.15, -0.1) is 0 Å². The first-order valence-electron chi connectivity index (χ1n) is 5.18. The highest BCUT2D eigenvalue weighted by atomic mass is 16.5. The summed E-state index contributed by atoms with van der Waals surface area (Å²) in [7, 11) is 0. The molecule has 0 radical (unpaired) electrons. The fourth-order valence-electron chi connectivity index (χ4n) is 1.38. The van der Waals surface area contributed by atoms with E-state index in [0.717, 1.165) is 26.1 Å². The van der Waals surface area contributed by atoms with Crippen LogP contribution in [0, 0.1) is 0 Å². The summed E-state index contributed by atoms with van der Waals surface area (Å²) in [6.45, 7) is 4.24. The summed E-state index contributed by atoms with van der Waals surface area (Å²) in [6.07, 6.45) is 2.48. The Balaban J connectivity index is 1.99. The molecule has 1 aliphatic heterocycles. The van der Waals surface area contributed by atoms with Gasteiger partial charge in [-0.2, -0.15) is 0 Å². The van der Waals surface area contributed by atoms with Crippen molar-refractivity contribution < 1.29 is 19.0 Å². The van der Waals surface area contributed by atoms with Gasteiger partial charge in [-0.05, 0) is 19.8 Å². The molecule has 0 atom stereocenters. The van der Waals surface area contributed by atoms with Crippen molar-refractivity contribution in [2.24, 2.45) is 0 Å². The molecule has 0 saturated carbocycles. The predicted molar refractivity (Wildman–Crippen MR) is 51.0 cm³/mol. The molecule has 1 fully saturated rings. The largest absolute Gasteiger partial charge is 0.466 e. The monoisotopic (exact) mass is 202 g/mol. The highest BCUT2D eigenvalue weighted by molar-refractivity contribution is 5.69. The fourth-order valence-corrected chi connectivity index (χ4v) is 1.38. The zero-order valence-electron chi connectivity index (χ0n) is 8.66. The van der Waals surface area contributed by atoms with Gasteiger partial charge in [0.1, 0.15) is 0 Å². The molecule has 1 saturated heterocycles. The van der Waals surface area contributed by atoms with Gasteiger partial charge in [0, 0.05) is 13.2 Å². The predicted octanol–water partition coefficient (Wildman–Crippen LogP) is 1.14. The summed E-state index contributed by atoms with van der Waals surface area (Å²) in [6, 6.07) is 0. The van der Waals surface area contributed by atoms with Crippen LogP contribution in [-0.4, -0.2) is 38.5 Å². The van der Waals surface area contributed by atoms with Gasteiger partial charge in [-0.3, -0.25) is 4.79 Å². The fraction of sp³-hybridized carbons (Fsp3) is 0.900. The quantitative estimate of drug-likeness (QED) is 0.627. The minimum Gasteiger partial charge on any atom is -0.466 e. The molecule has 0 amide bonds. The third kappa shape index (κ3) is 4.58. The Morgan fingerprint density at radius 2 is 2.14 bits per heavy atom. The molecule has 0 aromatic heterocycles. The third-order valence-electron chi connectivity index (χ3n) is 2.13. The minimum absolute atomic E-state index is 0.181. The van der Waals surface area contributed by atoms with Crippen molar-refractivity contribution in [1.29, 1.82) is 0 Å². The van der Waals surface area contributed by atoms with Gasteiger partial charge in [0.15, 0.2) is 0 Å². The van der Waals surface area contributed by atoms with Crippen molar-refractivity contribution >= 4 is 5.97 Å². The van der Waals surface area contributed by atoms with E-state index in [2.05, 4.69) is 0 Å². The molecular formula is C10H18O4. The molecule has 1 heterocycles. The number of ether oxygens (including phenoxy) is 3. The summed E-state index contributed by atoms with van der Waals surface area (Å²) < 4.78 is 15.5. The van der Waals surface area contributed by atoms with E-state index in [9.17, 15) is 4.79 Å². The molecule has 4 nitrogen and oxygen atoms in total. The number of esters is 1. The van der Waals surface area contributed by atoms with Crippen molar-refractivity contribution in [3.63, 3.8) is 0 Å². The maximum Gasteiger partial charge on any atom is 0.308 e. The van der Waals surface area contributed by atoms with Crippen molar-refractivity contribution in [3.8, 4) is 0 Å². The average Bonchev–Trinajstić information content (AvgIpc) is 2.20. The van der Waals surface area contributed by atoms with Gasteiger partial charge < -0.3 is 14.2 Å². The van der Waals surface area contributed by atoms with Crippen molar-refractivity contribution in [2.75, 3.05) is 26.4 Å². The lowest BCUT2D eigenvalue weighted by Crippen LogP contribution is -2.24. The summed E-state index contributed by atoms with van der Waals surface area (Å²) >= 11 is 0. The first-order chi connectivity index (χ1) is 6.83. The average molecular weight is 202 g/mol. The molecule has 14 heavy (non-hydrogen) atoms. The van der Waals surface area contributed by atoms with Crippen molar-refractivity contribution in [3.05, 3.63) is 0 Å². The maximum absolute atomic E-state index is 11.0. The summed E-state index contributed by atoms with van der Waals surface area (Å²) in [4.78, 5) is 11.0. The number of hydrogen-bond acceptors (Lipinski definition) is 4. The lowest BCUT2D eigenvalue weighted by Gasteiger charge is -2.22. The minimum atomic E-state index is -0.181. The molecule has 4 heteroatoms. The van der Waals surface area contributed by atoms with Gasteiger partial charge in [0.2, 0.25) is 0 Å². The summed E-state index contributed by atoms with van der Waals surface area (Å²) in [5.41, 5.74) is 0. The number of rotatable bonds is 5. The van der Waals surface area contributed by atoms with Crippen LogP contribution in [0.3, 0.4) is 0 Å². The van der Waals surface area contributed by atoms with Crippen LogP contribution in [-0.2, 0) is 19.0 Å².